The van der Waals surface area contributed by atoms with Crippen LogP contribution in [0.25, 0.3) is 0 Å². The molecule has 2 N–H and O–H groups in total. The van der Waals surface area contributed by atoms with Gasteiger partial charge in [-0.15, -0.1) is 0 Å². The number of ether oxygens (including phenoxy) is 1. The smallest absolute Gasteiger partial charge is 0.343 e. The first-order chi connectivity index (χ1) is 12.2. The Bertz CT molecular complexity index is 799. The van der Waals surface area contributed by atoms with Crippen LogP contribution in [0.3, 0.4) is 0 Å². The predicted octanol–water partition coefficient (Wildman–Crippen LogP) is 3.51. The lowest BCUT2D eigenvalue weighted by molar-refractivity contribution is 0.0526. The number of hydrogen-bond acceptors (Lipinski definition) is 7. The Hall–Kier alpha value is -2.41. The molecule has 26 heavy (non-hydrogen) atoms. The number of nitrogens with two attached hydrogens (primary N) is 1. The van der Waals surface area contributed by atoms with Gasteiger partial charge in [-0.3, -0.25) is 4.79 Å². The summed E-state index contributed by atoms with van der Waals surface area (Å²) in [6.07, 6.45) is 1.32. The SMILES string of the molecule is CCOC(=O)c1cnc(SCC(=O)c2ccc(C(C)(C)C)cc2)nc1N. The molecule has 2 rings (SSSR count). The second-order valence-corrected chi connectivity index (χ2v) is 7.65. The molecule has 0 saturated carbocycles. The van der Waals surface area contributed by atoms with E-state index in [1.54, 1.807) is 6.92 Å². The molecule has 0 aliphatic heterocycles. The van der Waals surface area contributed by atoms with Gasteiger partial charge in [0.25, 0.3) is 0 Å². The molecule has 0 fully saturated rings. The van der Waals surface area contributed by atoms with Crippen LogP contribution < -0.4 is 5.73 Å². The quantitative estimate of drug-likeness (QED) is 0.358. The average Bonchev–Trinajstić information content (AvgIpc) is 2.59. The first-order valence-corrected chi connectivity index (χ1v) is 9.27. The summed E-state index contributed by atoms with van der Waals surface area (Å²) < 4.78 is 4.88. The van der Waals surface area contributed by atoms with Crippen LogP contribution in [-0.4, -0.2) is 34.1 Å². The molecule has 0 atom stereocenters. The Morgan fingerprint density at radius 1 is 1.19 bits per heavy atom. The molecule has 2 aromatic rings. The molecule has 0 bridgehead atoms. The molecule has 7 heteroatoms. The predicted molar refractivity (Wildman–Crippen MR) is 103 cm³/mol. The maximum absolute atomic E-state index is 12.3. The Morgan fingerprint density at radius 2 is 1.85 bits per heavy atom. The highest BCUT2D eigenvalue weighted by molar-refractivity contribution is 7.99. The Morgan fingerprint density at radius 3 is 2.38 bits per heavy atom. The van der Waals surface area contributed by atoms with Gasteiger partial charge in [0.15, 0.2) is 10.9 Å². The fourth-order valence-electron chi connectivity index (χ4n) is 2.18. The Labute approximate surface area is 157 Å². The number of carbonyl (C=O) groups is 2. The fourth-order valence-corrected chi connectivity index (χ4v) is 2.90. The largest absolute Gasteiger partial charge is 0.462 e. The van der Waals surface area contributed by atoms with Gasteiger partial charge in [0.05, 0.1) is 12.4 Å². The van der Waals surface area contributed by atoms with E-state index in [1.165, 1.54) is 23.5 Å². The molecule has 0 saturated heterocycles. The number of nitrogen functional groups attached to an aromatic ring is 1. The van der Waals surface area contributed by atoms with Crippen LogP contribution in [0.5, 0.6) is 0 Å². The van der Waals surface area contributed by atoms with Crippen LogP contribution in [0.4, 0.5) is 5.82 Å². The minimum Gasteiger partial charge on any atom is -0.462 e. The van der Waals surface area contributed by atoms with Crippen molar-refractivity contribution in [2.45, 2.75) is 38.3 Å². The second-order valence-electron chi connectivity index (χ2n) is 6.71. The Balaban J connectivity index is 2.01. The van der Waals surface area contributed by atoms with Crippen molar-refractivity contribution in [1.82, 2.24) is 9.97 Å². The van der Waals surface area contributed by atoms with Gasteiger partial charge in [-0.05, 0) is 17.9 Å². The molecular formula is C19H23N3O3S. The van der Waals surface area contributed by atoms with Crippen molar-refractivity contribution in [3.63, 3.8) is 0 Å². The van der Waals surface area contributed by atoms with Crippen molar-refractivity contribution >= 4 is 29.3 Å². The van der Waals surface area contributed by atoms with Gasteiger partial charge in [0, 0.05) is 11.8 Å². The average molecular weight is 373 g/mol. The summed E-state index contributed by atoms with van der Waals surface area (Å²) in [6, 6.07) is 7.62. The lowest BCUT2D eigenvalue weighted by Gasteiger charge is -2.18. The van der Waals surface area contributed by atoms with E-state index in [0.717, 1.165) is 0 Å². The van der Waals surface area contributed by atoms with Crippen LogP contribution in [0.2, 0.25) is 0 Å². The van der Waals surface area contributed by atoms with E-state index in [2.05, 4.69) is 30.7 Å². The Kier molecular flexibility index (Phi) is 6.37. The van der Waals surface area contributed by atoms with Gasteiger partial charge in [-0.1, -0.05) is 56.8 Å². The molecule has 1 aromatic heterocycles. The van der Waals surface area contributed by atoms with Crippen molar-refractivity contribution in [2.75, 3.05) is 18.1 Å². The third kappa shape index (κ3) is 5.05. The van der Waals surface area contributed by atoms with Gasteiger partial charge in [-0.2, -0.15) is 0 Å². The van der Waals surface area contributed by atoms with E-state index in [1.807, 2.05) is 24.3 Å². The van der Waals surface area contributed by atoms with E-state index < -0.39 is 5.97 Å². The standard InChI is InChI=1S/C19H23N3O3S/c1-5-25-17(24)14-10-21-18(22-16(14)20)26-11-15(23)12-6-8-13(9-7-12)19(2,3)4/h6-10H,5,11H2,1-4H3,(H2,20,21,22). The summed E-state index contributed by atoms with van der Waals surface area (Å²) in [5.74, 6) is -0.348. The van der Waals surface area contributed by atoms with Gasteiger partial charge in [0.2, 0.25) is 0 Å². The lowest BCUT2D eigenvalue weighted by atomic mass is 9.86. The molecule has 0 amide bonds. The van der Waals surface area contributed by atoms with E-state index in [-0.39, 0.29) is 34.9 Å². The summed E-state index contributed by atoms with van der Waals surface area (Å²) in [5.41, 5.74) is 7.76. The number of esters is 1. The van der Waals surface area contributed by atoms with Crippen LogP contribution >= 0.6 is 11.8 Å². The minimum atomic E-state index is -0.559. The van der Waals surface area contributed by atoms with E-state index in [4.69, 9.17) is 10.5 Å². The van der Waals surface area contributed by atoms with Gasteiger partial charge in [-0.25, -0.2) is 14.8 Å². The molecule has 138 valence electrons. The maximum Gasteiger partial charge on any atom is 0.343 e. The number of carbonyl (C=O) groups excluding carboxylic acids is 2. The number of aromatic nitrogens is 2. The topological polar surface area (TPSA) is 95.2 Å². The summed E-state index contributed by atoms with van der Waals surface area (Å²) >= 11 is 1.18. The highest BCUT2D eigenvalue weighted by Crippen LogP contribution is 2.23. The molecular weight excluding hydrogens is 350 g/mol. The highest BCUT2D eigenvalue weighted by Gasteiger charge is 2.16. The van der Waals surface area contributed by atoms with Crippen LogP contribution in [0.15, 0.2) is 35.6 Å². The monoisotopic (exact) mass is 373 g/mol. The summed E-state index contributed by atoms with van der Waals surface area (Å²) in [7, 11) is 0. The van der Waals surface area contributed by atoms with Crippen molar-refractivity contribution < 1.29 is 14.3 Å². The van der Waals surface area contributed by atoms with Crippen LogP contribution in [0, 0.1) is 0 Å². The molecule has 0 unspecified atom stereocenters. The number of Topliss-reactive ketones (excluding diaryl/α,β-unsaturated/α-hetero) is 1. The zero-order valence-corrected chi connectivity index (χ0v) is 16.2. The zero-order chi connectivity index (χ0) is 19.3. The molecule has 1 heterocycles. The van der Waals surface area contributed by atoms with E-state index in [9.17, 15) is 9.59 Å². The van der Waals surface area contributed by atoms with Gasteiger partial charge in [0.1, 0.15) is 11.4 Å². The van der Waals surface area contributed by atoms with Crippen molar-refractivity contribution in [3.05, 3.63) is 47.2 Å². The first-order valence-electron chi connectivity index (χ1n) is 8.28. The van der Waals surface area contributed by atoms with Crippen LogP contribution in [-0.2, 0) is 10.2 Å². The minimum absolute atomic E-state index is 0.0212. The third-order valence-corrected chi connectivity index (χ3v) is 4.56. The third-order valence-electron chi connectivity index (χ3n) is 3.70. The molecule has 0 aliphatic rings. The van der Waals surface area contributed by atoms with Gasteiger partial charge >= 0.3 is 5.97 Å². The molecule has 6 nitrogen and oxygen atoms in total. The first kappa shape index (κ1) is 19.9. The van der Waals surface area contributed by atoms with Gasteiger partial charge < -0.3 is 10.5 Å². The molecule has 0 radical (unpaired) electrons. The van der Waals surface area contributed by atoms with Crippen molar-refractivity contribution in [3.8, 4) is 0 Å². The molecule has 1 aromatic carbocycles. The normalized spacial score (nSPS) is 11.2. The molecule has 0 aliphatic carbocycles. The molecule has 0 spiro atoms. The van der Waals surface area contributed by atoms with Crippen LogP contribution in [0.1, 0.15) is 54.0 Å². The zero-order valence-electron chi connectivity index (χ0n) is 15.4. The summed E-state index contributed by atoms with van der Waals surface area (Å²) in [5, 5.41) is 0.343. The number of nitrogens with zero attached hydrogens (tertiary/aromatic N) is 2. The second kappa shape index (κ2) is 8.31. The number of benzene rings is 1. The number of hydrogen-bond donors (Lipinski definition) is 1. The number of rotatable bonds is 6. The fraction of sp³-hybridized carbons (Fsp3) is 0.368. The summed E-state index contributed by atoms with van der Waals surface area (Å²) in [6.45, 7) is 8.33. The number of ketones is 1. The number of anilines is 1. The lowest BCUT2D eigenvalue weighted by Crippen LogP contribution is -2.12. The van der Waals surface area contributed by atoms with E-state index >= 15 is 0 Å². The highest BCUT2D eigenvalue weighted by atomic mass is 32.2. The summed E-state index contributed by atoms with van der Waals surface area (Å²) in [4.78, 5) is 32.2. The van der Waals surface area contributed by atoms with E-state index in [0.29, 0.717) is 10.7 Å². The number of thioether (sulfide) groups is 1. The maximum atomic E-state index is 12.3. The van der Waals surface area contributed by atoms with Crippen molar-refractivity contribution in [1.29, 1.82) is 0 Å². The van der Waals surface area contributed by atoms with Crippen molar-refractivity contribution in [2.24, 2.45) is 0 Å².